The van der Waals surface area contributed by atoms with Gasteiger partial charge < -0.3 is 0 Å². The standard InChI is InChI=1S/C46H29N3/c1-2-11-40(12-3-1)49-46(37-22-13-31(14-23-37)39-24-15-30-7-4-5-8-38(30)29-39)47-45(48-49)36-20-16-32(17-21-36)41-27-25-35-19-18-33-9-6-10-34-26-28-42(41)44(35)43(33)34/h1-29H. The molecule has 3 nitrogen and oxygen atoms in total. The van der Waals surface area contributed by atoms with E-state index in [0.717, 1.165) is 22.6 Å². The van der Waals surface area contributed by atoms with E-state index >= 15 is 0 Å². The first-order chi connectivity index (χ1) is 24.3. The summed E-state index contributed by atoms with van der Waals surface area (Å²) in [7, 11) is 0. The van der Waals surface area contributed by atoms with Crippen molar-refractivity contribution < 1.29 is 0 Å². The molecule has 0 atom stereocenters. The lowest BCUT2D eigenvalue weighted by molar-refractivity contribution is 0.890. The fraction of sp³-hybridized carbons (Fsp3) is 0. The molecule has 0 saturated carbocycles. The van der Waals surface area contributed by atoms with Crippen LogP contribution in [0, 0.1) is 0 Å². The average Bonchev–Trinajstić information content (AvgIpc) is 3.63. The number of rotatable bonds is 5. The van der Waals surface area contributed by atoms with E-state index in [1.165, 1.54) is 65.3 Å². The monoisotopic (exact) mass is 623 g/mol. The number of hydrogen-bond acceptors (Lipinski definition) is 2. The molecular weight excluding hydrogens is 595 g/mol. The maximum atomic E-state index is 5.13. The van der Waals surface area contributed by atoms with Crippen molar-refractivity contribution in [1.29, 1.82) is 0 Å². The maximum absolute atomic E-state index is 5.13. The van der Waals surface area contributed by atoms with Crippen molar-refractivity contribution in [3.63, 3.8) is 0 Å². The van der Waals surface area contributed by atoms with Crippen molar-refractivity contribution in [3.8, 4) is 50.7 Å². The second-order valence-electron chi connectivity index (χ2n) is 12.7. The third kappa shape index (κ3) is 4.59. The summed E-state index contributed by atoms with van der Waals surface area (Å²) >= 11 is 0. The van der Waals surface area contributed by atoms with Crippen LogP contribution in [0.5, 0.6) is 0 Å². The smallest absolute Gasteiger partial charge is 0.182 e. The van der Waals surface area contributed by atoms with Crippen molar-refractivity contribution >= 4 is 43.1 Å². The number of hydrogen-bond donors (Lipinski definition) is 0. The average molecular weight is 624 g/mol. The first-order valence-corrected chi connectivity index (χ1v) is 16.7. The molecule has 228 valence electrons. The van der Waals surface area contributed by atoms with Gasteiger partial charge in [-0.2, -0.15) is 0 Å². The van der Waals surface area contributed by atoms with E-state index in [1.54, 1.807) is 0 Å². The van der Waals surface area contributed by atoms with E-state index in [2.05, 4.69) is 158 Å². The van der Waals surface area contributed by atoms with Gasteiger partial charge in [0, 0.05) is 11.1 Å². The summed E-state index contributed by atoms with van der Waals surface area (Å²) in [5.74, 6) is 1.50. The van der Waals surface area contributed by atoms with Gasteiger partial charge in [-0.3, -0.25) is 0 Å². The zero-order valence-corrected chi connectivity index (χ0v) is 26.6. The molecule has 9 aromatic carbocycles. The van der Waals surface area contributed by atoms with Crippen molar-refractivity contribution in [2.45, 2.75) is 0 Å². The van der Waals surface area contributed by atoms with Gasteiger partial charge in [0.15, 0.2) is 11.6 Å². The quantitative estimate of drug-likeness (QED) is 0.179. The summed E-state index contributed by atoms with van der Waals surface area (Å²) in [5, 5.41) is 15.3. The normalized spacial score (nSPS) is 11.7. The van der Waals surface area contributed by atoms with Crippen molar-refractivity contribution in [3.05, 3.63) is 176 Å². The lowest BCUT2D eigenvalue weighted by Gasteiger charge is -2.14. The van der Waals surface area contributed by atoms with Crippen LogP contribution < -0.4 is 0 Å². The second-order valence-corrected chi connectivity index (χ2v) is 12.7. The van der Waals surface area contributed by atoms with Gasteiger partial charge in [-0.1, -0.05) is 158 Å². The minimum absolute atomic E-state index is 0.694. The third-order valence-electron chi connectivity index (χ3n) is 9.82. The molecular formula is C46H29N3. The van der Waals surface area contributed by atoms with Gasteiger partial charge in [-0.05, 0) is 83.5 Å². The molecule has 0 saturated heterocycles. The highest BCUT2D eigenvalue weighted by Gasteiger charge is 2.17. The zero-order chi connectivity index (χ0) is 32.3. The Kier molecular flexibility index (Phi) is 6.18. The van der Waals surface area contributed by atoms with E-state index in [4.69, 9.17) is 10.1 Å². The third-order valence-corrected chi connectivity index (χ3v) is 9.82. The highest BCUT2D eigenvalue weighted by atomic mass is 15.4. The summed E-state index contributed by atoms with van der Waals surface area (Å²) in [4.78, 5) is 5.13. The molecule has 1 aromatic heterocycles. The van der Waals surface area contributed by atoms with Gasteiger partial charge >= 0.3 is 0 Å². The Morgan fingerprint density at radius 2 is 0.939 bits per heavy atom. The molecule has 0 spiro atoms. The lowest BCUT2D eigenvalue weighted by Crippen LogP contribution is -1.99. The second kappa shape index (κ2) is 11.0. The van der Waals surface area contributed by atoms with Crippen LogP contribution in [-0.2, 0) is 0 Å². The van der Waals surface area contributed by atoms with Crippen LogP contribution in [0.4, 0.5) is 0 Å². The molecule has 0 unspecified atom stereocenters. The molecule has 49 heavy (non-hydrogen) atoms. The minimum atomic E-state index is 0.694. The molecule has 0 amide bonds. The first-order valence-electron chi connectivity index (χ1n) is 16.7. The summed E-state index contributed by atoms with van der Waals surface area (Å²) in [6.45, 7) is 0. The Labute approximate surface area is 283 Å². The van der Waals surface area contributed by atoms with Crippen molar-refractivity contribution in [1.82, 2.24) is 14.8 Å². The Morgan fingerprint density at radius 1 is 0.367 bits per heavy atom. The molecule has 10 aromatic rings. The number of aromatic nitrogens is 3. The fourth-order valence-corrected chi connectivity index (χ4v) is 7.34. The van der Waals surface area contributed by atoms with Gasteiger partial charge in [-0.25, -0.2) is 9.67 Å². The van der Waals surface area contributed by atoms with Crippen LogP contribution >= 0.6 is 0 Å². The van der Waals surface area contributed by atoms with Gasteiger partial charge in [0.05, 0.1) is 5.69 Å². The number of benzene rings is 9. The molecule has 0 aliphatic rings. The summed E-state index contributed by atoms with van der Waals surface area (Å²) in [5.41, 5.74) is 7.73. The molecule has 0 fully saturated rings. The van der Waals surface area contributed by atoms with E-state index in [1.807, 2.05) is 22.9 Å². The lowest BCUT2D eigenvalue weighted by atomic mass is 9.90. The van der Waals surface area contributed by atoms with Crippen LogP contribution in [0.1, 0.15) is 0 Å². The van der Waals surface area contributed by atoms with Crippen LogP contribution in [-0.4, -0.2) is 14.8 Å². The molecule has 10 rings (SSSR count). The Balaban J connectivity index is 1.03. The van der Waals surface area contributed by atoms with Gasteiger partial charge in [0.2, 0.25) is 0 Å². The number of fused-ring (bicyclic) bond motifs is 1. The molecule has 0 N–H and O–H groups in total. The summed E-state index contributed by atoms with van der Waals surface area (Å²) in [6, 6.07) is 62.7. The van der Waals surface area contributed by atoms with E-state index < -0.39 is 0 Å². The van der Waals surface area contributed by atoms with Gasteiger partial charge in [0.1, 0.15) is 0 Å². The SMILES string of the molecule is c1ccc(-n2nc(-c3ccc(-c4ccc5ccc6cccc7ccc4c5c67)cc3)nc2-c2ccc(-c3ccc4ccccc4c3)cc2)cc1. The number of para-hydroxylation sites is 1. The van der Waals surface area contributed by atoms with Crippen molar-refractivity contribution in [2.75, 3.05) is 0 Å². The predicted molar refractivity (Wildman–Crippen MR) is 204 cm³/mol. The maximum Gasteiger partial charge on any atom is 0.182 e. The highest BCUT2D eigenvalue weighted by Crippen LogP contribution is 2.39. The molecule has 0 aliphatic heterocycles. The first kappa shape index (κ1) is 27.5. The molecule has 0 aliphatic carbocycles. The molecule has 0 radical (unpaired) electrons. The highest BCUT2D eigenvalue weighted by molar-refractivity contribution is 6.25. The Morgan fingerprint density at radius 3 is 1.73 bits per heavy atom. The van der Waals surface area contributed by atoms with E-state index in [0.29, 0.717) is 5.82 Å². The predicted octanol–water partition coefficient (Wildman–Crippen LogP) is 12.0. The minimum Gasteiger partial charge on any atom is -0.213 e. The topological polar surface area (TPSA) is 30.7 Å². The molecule has 1 heterocycles. The fourth-order valence-electron chi connectivity index (χ4n) is 7.34. The van der Waals surface area contributed by atoms with E-state index in [-0.39, 0.29) is 0 Å². The zero-order valence-electron chi connectivity index (χ0n) is 26.6. The van der Waals surface area contributed by atoms with Crippen LogP contribution in [0.15, 0.2) is 176 Å². The summed E-state index contributed by atoms with van der Waals surface area (Å²) < 4.78 is 1.95. The van der Waals surface area contributed by atoms with Crippen LogP contribution in [0.2, 0.25) is 0 Å². The van der Waals surface area contributed by atoms with Crippen LogP contribution in [0.25, 0.3) is 93.8 Å². The number of nitrogens with zero attached hydrogens (tertiary/aromatic N) is 3. The van der Waals surface area contributed by atoms with E-state index in [9.17, 15) is 0 Å². The summed E-state index contributed by atoms with van der Waals surface area (Å²) in [6.07, 6.45) is 0. The van der Waals surface area contributed by atoms with Gasteiger partial charge in [-0.15, -0.1) is 5.10 Å². The molecule has 0 bridgehead atoms. The Bertz CT molecular complexity index is 2780. The van der Waals surface area contributed by atoms with Gasteiger partial charge in [0.25, 0.3) is 0 Å². The molecule has 3 heteroatoms. The van der Waals surface area contributed by atoms with Crippen LogP contribution in [0.3, 0.4) is 0 Å². The largest absolute Gasteiger partial charge is 0.213 e. The van der Waals surface area contributed by atoms with Crippen molar-refractivity contribution in [2.24, 2.45) is 0 Å². The Hall–Kier alpha value is -6.58.